The molecule has 0 aromatic carbocycles. The highest BCUT2D eigenvalue weighted by Gasteiger charge is 2.59. The van der Waals surface area contributed by atoms with Gasteiger partial charge in [-0.1, -0.05) is 18.6 Å². The Morgan fingerprint density at radius 1 is 1.35 bits per heavy atom. The van der Waals surface area contributed by atoms with Gasteiger partial charge < -0.3 is 4.74 Å². The fraction of sp³-hybridized carbons (Fsp3) is 0.800. The van der Waals surface area contributed by atoms with Gasteiger partial charge in [0.05, 0.1) is 11.7 Å². The second-order valence-corrected chi connectivity index (χ2v) is 5.95. The van der Waals surface area contributed by atoms with Crippen LogP contribution in [0.1, 0.15) is 59.3 Å². The Morgan fingerprint density at radius 3 is 1.88 bits per heavy atom. The Balaban J connectivity index is 0.0000000959. The summed E-state index contributed by atoms with van der Waals surface area (Å²) in [5, 5.41) is 0. The van der Waals surface area contributed by atoms with Gasteiger partial charge in [-0.15, -0.1) is 0 Å². The third-order valence-corrected chi connectivity index (χ3v) is 4.34. The molecule has 3 fully saturated rings. The molecule has 0 radical (unpaired) electrons. The van der Waals surface area contributed by atoms with Crippen molar-refractivity contribution >= 4 is 5.78 Å². The predicted molar refractivity (Wildman–Crippen MR) is 68.9 cm³/mol. The van der Waals surface area contributed by atoms with E-state index in [2.05, 4.69) is 19.9 Å². The van der Waals surface area contributed by atoms with Gasteiger partial charge in [0.2, 0.25) is 0 Å². The molecule has 0 aromatic heterocycles. The molecule has 1 aliphatic heterocycles. The van der Waals surface area contributed by atoms with Crippen molar-refractivity contribution in [3.05, 3.63) is 11.6 Å². The maximum atomic E-state index is 10.2. The standard InChI is InChI=1S/2C5H8O.C5H8/c1-5-3-2-4(5)6-5;1-4-2-3-5(4)6;1-5-3-2-4-5/h2*4H,2-3H2,1H3;3H,2,4H2,1H3. The van der Waals surface area contributed by atoms with E-state index in [0.29, 0.717) is 23.4 Å². The zero-order valence-corrected chi connectivity index (χ0v) is 11.3. The molecule has 2 nitrogen and oxygen atoms in total. The van der Waals surface area contributed by atoms with Gasteiger partial charge in [0.1, 0.15) is 5.78 Å². The van der Waals surface area contributed by atoms with Gasteiger partial charge in [0, 0.05) is 12.3 Å². The Hall–Kier alpha value is -0.630. The van der Waals surface area contributed by atoms with Gasteiger partial charge >= 0.3 is 0 Å². The number of ketones is 1. The molecular formula is C15H24O2. The molecule has 1 saturated heterocycles. The SMILES string of the molecule is CC12CCC1O2.CC1=CCC1.CC1CCC1=O. The van der Waals surface area contributed by atoms with E-state index in [0.717, 1.165) is 12.8 Å². The van der Waals surface area contributed by atoms with Crippen LogP contribution in [0.5, 0.6) is 0 Å². The molecular weight excluding hydrogens is 212 g/mol. The largest absolute Gasteiger partial charge is 0.366 e. The summed E-state index contributed by atoms with van der Waals surface area (Å²) in [5.74, 6) is 0.833. The molecule has 0 aromatic rings. The summed E-state index contributed by atoms with van der Waals surface area (Å²) >= 11 is 0. The summed E-state index contributed by atoms with van der Waals surface area (Å²) in [6, 6.07) is 0. The van der Waals surface area contributed by atoms with E-state index in [1.54, 1.807) is 5.57 Å². The first-order valence-electron chi connectivity index (χ1n) is 6.87. The van der Waals surface area contributed by atoms with E-state index in [4.69, 9.17) is 4.74 Å². The molecule has 3 unspecified atom stereocenters. The average Bonchev–Trinajstić information content (AvgIpc) is 2.77. The summed E-state index contributed by atoms with van der Waals surface area (Å²) in [6.07, 6.45) is 10.2. The molecule has 0 amide bonds. The average molecular weight is 236 g/mol. The number of ether oxygens (including phenoxy) is 1. The lowest BCUT2D eigenvalue weighted by Gasteiger charge is -2.17. The number of rotatable bonds is 0. The van der Waals surface area contributed by atoms with Gasteiger partial charge in [0.15, 0.2) is 0 Å². The lowest BCUT2D eigenvalue weighted by Crippen LogP contribution is -2.21. The lowest BCUT2D eigenvalue weighted by molar-refractivity contribution is -0.128. The van der Waals surface area contributed by atoms with Gasteiger partial charge in [-0.2, -0.15) is 0 Å². The summed E-state index contributed by atoms with van der Waals surface area (Å²) in [4.78, 5) is 10.2. The van der Waals surface area contributed by atoms with E-state index in [1.165, 1.54) is 25.7 Å². The number of allylic oxidation sites excluding steroid dienone is 2. The van der Waals surface area contributed by atoms with Crippen LogP contribution in [0.2, 0.25) is 0 Å². The highest BCUT2D eigenvalue weighted by atomic mass is 16.6. The minimum atomic E-state index is 0.389. The Kier molecular flexibility index (Phi) is 3.72. The van der Waals surface area contributed by atoms with Crippen LogP contribution in [0.3, 0.4) is 0 Å². The van der Waals surface area contributed by atoms with Crippen LogP contribution < -0.4 is 0 Å². The minimum Gasteiger partial charge on any atom is -0.366 e. The number of carbonyl (C=O) groups excluding carboxylic acids is 1. The first kappa shape index (κ1) is 12.8. The zero-order valence-electron chi connectivity index (χ0n) is 11.3. The van der Waals surface area contributed by atoms with Crippen molar-refractivity contribution in [2.24, 2.45) is 5.92 Å². The van der Waals surface area contributed by atoms with Gasteiger partial charge in [0.25, 0.3) is 0 Å². The highest BCUT2D eigenvalue weighted by molar-refractivity contribution is 5.85. The number of fused-ring (bicyclic) bond motifs is 1. The van der Waals surface area contributed by atoms with E-state index in [1.807, 2.05) is 6.92 Å². The topological polar surface area (TPSA) is 29.6 Å². The van der Waals surface area contributed by atoms with Gasteiger partial charge in [-0.3, -0.25) is 4.79 Å². The first-order chi connectivity index (χ1) is 8.01. The monoisotopic (exact) mass is 236 g/mol. The molecule has 2 heteroatoms. The molecule has 3 atom stereocenters. The molecule has 1 heterocycles. The maximum Gasteiger partial charge on any atom is 0.135 e. The van der Waals surface area contributed by atoms with Crippen molar-refractivity contribution in [1.29, 1.82) is 0 Å². The van der Waals surface area contributed by atoms with Crippen molar-refractivity contribution in [1.82, 2.24) is 0 Å². The van der Waals surface area contributed by atoms with E-state index >= 15 is 0 Å². The molecule has 96 valence electrons. The second kappa shape index (κ2) is 4.93. The zero-order chi connectivity index (χ0) is 12.5. The van der Waals surface area contributed by atoms with Crippen LogP contribution in [-0.4, -0.2) is 17.5 Å². The van der Waals surface area contributed by atoms with Crippen molar-refractivity contribution in [3.63, 3.8) is 0 Å². The van der Waals surface area contributed by atoms with E-state index < -0.39 is 0 Å². The van der Waals surface area contributed by atoms with Crippen LogP contribution in [0, 0.1) is 5.92 Å². The van der Waals surface area contributed by atoms with Crippen LogP contribution in [0.25, 0.3) is 0 Å². The van der Waals surface area contributed by atoms with Crippen molar-refractivity contribution in [2.45, 2.75) is 71.0 Å². The maximum absolute atomic E-state index is 10.2. The van der Waals surface area contributed by atoms with Crippen LogP contribution in [0.15, 0.2) is 11.6 Å². The van der Waals surface area contributed by atoms with Crippen molar-refractivity contribution in [2.75, 3.05) is 0 Å². The number of epoxide rings is 1. The highest BCUT2D eigenvalue weighted by Crippen LogP contribution is 2.52. The third kappa shape index (κ3) is 3.19. The Bertz CT molecular complexity index is 328. The smallest absolute Gasteiger partial charge is 0.135 e. The number of hydrogen-bond acceptors (Lipinski definition) is 2. The molecule has 0 bridgehead atoms. The second-order valence-electron chi connectivity index (χ2n) is 5.95. The lowest BCUT2D eigenvalue weighted by atomic mass is 9.86. The quantitative estimate of drug-likeness (QED) is 0.474. The molecule has 4 aliphatic rings. The molecule has 4 rings (SSSR count). The predicted octanol–water partition coefficient (Wildman–Crippen LogP) is 3.65. The van der Waals surface area contributed by atoms with E-state index in [9.17, 15) is 4.79 Å². The van der Waals surface area contributed by atoms with Crippen LogP contribution in [0.4, 0.5) is 0 Å². The summed E-state index contributed by atoms with van der Waals surface area (Å²) < 4.78 is 5.22. The molecule has 0 spiro atoms. The van der Waals surface area contributed by atoms with Crippen molar-refractivity contribution in [3.8, 4) is 0 Å². The molecule has 3 aliphatic carbocycles. The third-order valence-electron chi connectivity index (χ3n) is 4.34. The van der Waals surface area contributed by atoms with Gasteiger partial charge in [-0.05, 0) is 46.0 Å². The Morgan fingerprint density at radius 2 is 1.88 bits per heavy atom. The summed E-state index contributed by atoms with van der Waals surface area (Å²) in [5.41, 5.74) is 1.95. The number of hydrogen-bond donors (Lipinski definition) is 0. The summed E-state index contributed by atoms with van der Waals surface area (Å²) in [7, 11) is 0. The normalized spacial score (nSPS) is 39.7. The first-order valence-corrected chi connectivity index (χ1v) is 6.87. The molecule has 17 heavy (non-hydrogen) atoms. The Labute approximate surface area is 104 Å². The number of carbonyl (C=O) groups is 1. The van der Waals surface area contributed by atoms with Crippen molar-refractivity contribution < 1.29 is 9.53 Å². The summed E-state index contributed by atoms with van der Waals surface area (Å²) in [6.45, 7) is 6.33. The fourth-order valence-corrected chi connectivity index (χ4v) is 2.06. The van der Waals surface area contributed by atoms with Crippen LogP contribution >= 0.6 is 0 Å². The number of Topliss-reactive ketones (excluding diaryl/α,β-unsaturated/α-hetero) is 1. The minimum absolute atomic E-state index is 0.389. The molecule has 0 N–H and O–H groups in total. The molecule has 2 saturated carbocycles. The fourth-order valence-electron chi connectivity index (χ4n) is 2.06. The van der Waals surface area contributed by atoms with E-state index in [-0.39, 0.29) is 0 Å². The van der Waals surface area contributed by atoms with Crippen LogP contribution in [-0.2, 0) is 9.53 Å². The van der Waals surface area contributed by atoms with Gasteiger partial charge in [-0.25, -0.2) is 0 Å².